The van der Waals surface area contributed by atoms with E-state index in [9.17, 15) is 19.5 Å². The average Bonchev–Trinajstić information content (AvgIpc) is 2.89. The summed E-state index contributed by atoms with van der Waals surface area (Å²) in [7, 11) is 0. The van der Waals surface area contributed by atoms with Gasteiger partial charge in [0.2, 0.25) is 0 Å². The first-order valence-electron chi connectivity index (χ1n) is 11.2. The van der Waals surface area contributed by atoms with Gasteiger partial charge in [0.05, 0.1) is 19.8 Å². The predicted molar refractivity (Wildman–Crippen MR) is 127 cm³/mol. The van der Waals surface area contributed by atoms with E-state index in [0.29, 0.717) is 48.8 Å². The van der Waals surface area contributed by atoms with Crippen molar-refractivity contribution in [1.29, 1.82) is 5.41 Å². The van der Waals surface area contributed by atoms with Crippen LogP contribution in [-0.4, -0.2) is 85.2 Å². The summed E-state index contributed by atoms with van der Waals surface area (Å²) in [5, 5.41) is 20.5. The highest BCUT2D eigenvalue weighted by molar-refractivity contribution is 6.04. The molecular formula is C24H27N5O6. The smallest absolute Gasteiger partial charge is 0.259 e. The summed E-state index contributed by atoms with van der Waals surface area (Å²) in [6.07, 6.45) is -3.12. The molecule has 1 unspecified atom stereocenters. The second-order valence-electron chi connectivity index (χ2n) is 8.16. The maximum absolute atomic E-state index is 13.0. The van der Waals surface area contributed by atoms with Crippen LogP contribution in [0, 0.1) is 5.41 Å². The minimum absolute atomic E-state index is 0.102. The van der Waals surface area contributed by atoms with E-state index in [1.54, 1.807) is 41.3 Å². The number of hydrogen-bond acceptors (Lipinski definition) is 7. The van der Waals surface area contributed by atoms with Crippen molar-refractivity contribution in [3.8, 4) is 0 Å². The minimum Gasteiger partial charge on any atom is -0.384 e. The lowest BCUT2D eigenvalue weighted by molar-refractivity contribution is -0.150. The molecule has 2 aliphatic rings. The van der Waals surface area contributed by atoms with Crippen LogP contribution < -0.4 is 16.0 Å². The molecule has 0 saturated carbocycles. The van der Waals surface area contributed by atoms with E-state index >= 15 is 0 Å². The van der Waals surface area contributed by atoms with Gasteiger partial charge in [-0.05, 0) is 48.5 Å². The van der Waals surface area contributed by atoms with Crippen molar-refractivity contribution < 1.29 is 29.0 Å². The van der Waals surface area contributed by atoms with E-state index in [1.807, 2.05) is 0 Å². The topological polar surface area (TPSA) is 158 Å². The Labute approximate surface area is 201 Å². The molecule has 2 heterocycles. The number of nitrogens with one attached hydrogen (secondary N) is 2. The largest absolute Gasteiger partial charge is 0.384 e. The Morgan fingerprint density at radius 3 is 2.26 bits per heavy atom. The number of carbonyl (C=O) groups excluding carboxylic acids is 3. The fraction of sp³-hybridized carbons (Fsp3) is 0.333. The summed E-state index contributed by atoms with van der Waals surface area (Å²) in [4.78, 5) is 41.4. The molecule has 2 aromatic rings. The van der Waals surface area contributed by atoms with Crippen molar-refractivity contribution in [1.82, 2.24) is 4.90 Å². The fourth-order valence-electron chi connectivity index (χ4n) is 3.91. The Bertz CT molecular complexity index is 1100. The van der Waals surface area contributed by atoms with Gasteiger partial charge in [-0.25, -0.2) is 0 Å². The normalized spacial score (nSPS) is 19.2. The molecule has 2 aromatic carbocycles. The number of amidine groups is 1. The van der Waals surface area contributed by atoms with E-state index in [4.69, 9.17) is 20.6 Å². The molecule has 11 heteroatoms. The van der Waals surface area contributed by atoms with Gasteiger partial charge in [0.25, 0.3) is 17.7 Å². The Morgan fingerprint density at radius 2 is 1.63 bits per heavy atom. The van der Waals surface area contributed by atoms with Crippen LogP contribution in [0.1, 0.15) is 15.9 Å². The number of nitrogens with zero attached hydrogens (tertiary/aromatic N) is 2. The molecule has 2 saturated heterocycles. The summed E-state index contributed by atoms with van der Waals surface area (Å²) in [6, 6.07) is 12.8. The van der Waals surface area contributed by atoms with Crippen molar-refractivity contribution in [2.75, 3.05) is 49.7 Å². The number of morpholine rings is 2. The quantitative estimate of drug-likeness (QED) is 0.338. The van der Waals surface area contributed by atoms with E-state index in [2.05, 4.69) is 5.32 Å². The summed E-state index contributed by atoms with van der Waals surface area (Å²) >= 11 is 0. The molecule has 0 spiro atoms. The zero-order chi connectivity index (χ0) is 24.9. The molecule has 11 nitrogen and oxygen atoms in total. The van der Waals surface area contributed by atoms with Crippen molar-refractivity contribution in [3.05, 3.63) is 59.7 Å². The number of benzene rings is 2. The molecule has 0 radical (unpaired) electrons. The van der Waals surface area contributed by atoms with Gasteiger partial charge in [-0.1, -0.05) is 0 Å². The highest BCUT2D eigenvalue weighted by Crippen LogP contribution is 2.22. The van der Waals surface area contributed by atoms with Gasteiger partial charge >= 0.3 is 0 Å². The monoisotopic (exact) mass is 481 g/mol. The zero-order valence-electron chi connectivity index (χ0n) is 19.0. The van der Waals surface area contributed by atoms with Gasteiger partial charge in [0.1, 0.15) is 5.84 Å². The molecule has 0 aliphatic carbocycles. The van der Waals surface area contributed by atoms with Crippen molar-refractivity contribution >= 4 is 34.9 Å². The van der Waals surface area contributed by atoms with E-state index < -0.39 is 24.0 Å². The van der Waals surface area contributed by atoms with Crippen LogP contribution in [0.4, 0.5) is 11.4 Å². The lowest BCUT2D eigenvalue weighted by atomic mass is 10.1. The van der Waals surface area contributed by atoms with Crippen molar-refractivity contribution in [2.45, 2.75) is 12.2 Å². The molecule has 184 valence electrons. The molecule has 2 aliphatic heterocycles. The van der Waals surface area contributed by atoms with Crippen LogP contribution in [0.15, 0.2) is 48.5 Å². The first kappa shape index (κ1) is 24.3. The van der Waals surface area contributed by atoms with Crippen LogP contribution in [-0.2, 0) is 19.1 Å². The number of nitrogens with two attached hydrogens (primary N) is 1. The number of hydrogen-bond donors (Lipinski definition) is 4. The van der Waals surface area contributed by atoms with Crippen LogP contribution >= 0.6 is 0 Å². The maximum atomic E-state index is 13.0. The number of ether oxygens (including phenoxy) is 2. The first-order chi connectivity index (χ1) is 16.8. The van der Waals surface area contributed by atoms with Gasteiger partial charge in [0.15, 0.2) is 12.2 Å². The van der Waals surface area contributed by atoms with E-state index in [0.717, 1.165) is 0 Å². The van der Waals surface area contributed by atoms with Gasteiger partial charge < -0.3 is 35.4 Å². The second kappa shape index (κ2) is 10.6. The lowest BCUT2D eigenvalue weighted by Gasteiger charge is -2.34. The van der Waals surface area contributed by atoms with Crippen LogP contribution in [0.5, 0.6) is 0 Å². The van der Waals surface area contributed by atoms with Gasteiger partial charge in [0, 0.05) is 42.1 Å². The Balaban J connectivity index is 1.40. The number of anilines is 2. The number of carbonyl (C=O) groups is 3. The number of rotatable bonds is 6. The van der Waals surface area contributed by atoms with Crippen molar-refractivity contribution in [3.63, 3.8) is 0 Å². The SMILES string of the molecule is N=C(N)c1ccc(NC(=O)C(O)[C@H]2OCCN(c3ccc(C(=O)N4CCOCC4)cc3)C2=O)cc1. The average molecular weight is 482 g/mol. The third kappa shape index (κ3) is 5.48. The van der Waals surface area contributed by atoms with Gasteiger partial charge in [-0.3, -0.25) is 19.8 Å². The van der Waals surface area contributed by atoms with Crippen molar-refractivity contribution in [2.24, 2.45) is 5.73 Å². The Hall–Kier alpha value is -3.80. The molecule has 2 fully saturated rings. The maximum Gasteiger partial charge on any atom is 0.259 e. The lowest BCUT2D eigenvalue weighted by Crippen LogP contribution is -2.55. The molecule has 2 atom stereocenters. The van der Waals surface area contributed by atoms with Crippen LogP contribution in [0.25, 0.3) is 0 Å². The third-order valence-electron chi connectivity index (χ3n) is 5.86. The van der Waals surface area contributed by atoms with Crippen LogP contribution in [0.2, 0.25) is 0 Å². The molecular weight excluding hydrogens is 454 g/mol. The molecule has 4 rings (SSSR count). The van der Waals surface area contributed by atoms with E-state index in [-0.39, 0.29) is 24.9 Å². The number of aliphatic hydroxyl groups is 1. The third-order valence-corrected chi connectivity index (χ3v) is 5.86. The summed E-state index contributed by atoms with van der Waals surface area (Å²) in [6.45, 7) is 2.45. The highest BCUT2D eigenvalue weighted by atomic mass is 16.5. The summed E-state index contributed by atoms with van der Waals surface area (Å²) < 4.78 is 10.7. The molecule has 0 bridgehead atoms. The van der Waals surface area contributed by atoms with Crippen LogP contribution in [0.3, 0.4) is 0 Å². The summed E-state index contributed by atoms with van der Waals surface area (Å²) in [5.74, 6) is -1.57. The number of aliphatic hydroxyl groups excluding tert-OH is 1. The minimum atomic E-state index is -1.74. The number of amides is 3. The molecule has 0 aromatic heterocycles. The standard InChI is InChI=1S/C24H27N5O6/c25-21(26)15-1-5-17(6-2-15)27-22(31)19(30)20-24(33)29(11-14-35-20)18-7-3-16(4-8-18)23(32)28-9-12-34-13-10-28/h1-8,19-20,30H,9-14H2,(H3,25,26)(H,27,31)/t19?,20-/m1/s1. The summed E-state index contributed by atoms with van der Waals surface area (Å²) in [5.41, 5.74) is 7.32. The van der Waals surface area contributed by atoms with E-state index in [1.165, 1.54) is 17.0 Å². The second-order valence-corrected chi connectivity index (χ2v) is 8.16. The molecule has 3 amide bonds. The Morgan fingerprint density at radius 1 is 1.00 bits per heavy atom. The zero-order valence-corrected chi connectivity index (χ0v) is 19.0. The fourth-order valence-corrected chi connectivity index (χ4v) is 3.91. The number of nitrogen functional groups attached to an aromatic ring is 1. The highest BCUT2D eigenvalue weighted by Gasteiger charge is 2.39. The van der Waals surface area contributed by atoms with Gasteiger partial charge in [-0.15, -0.1) is 0 Å². The van der Waals surface area contributed by atoms with Gasteiger partial charge in [-0.2, -0.15) is 0 Å². The molecule has 5 N–H and O–H groups in total. The Kier molecular flexibility index (Phi) is 7.39. The molecule has 35 heavy (non-hydrogen) atoms. The predicted octanol–water partition coefficient (Wildman–Crippen LogP) is 0.174. The first-order valence-corrected chi connectivity index (χ1v) is 11.2.